The van der Waals surface area contributed by atoms with Crippen LogP contribution in [-0.2, 0) is 26.6 Å². The van der Waals surface area contributed by atoms with E-state index in [4.69, 9.17) is 0 Å². The van der Waals surface area contributed by atoms with Gasteiger partial charge < -0.3 is 10.6 Å². The maximum Gasteiger partial charge on any atom is 0.251 e. The normalized spacial score (nSPS) is 13.8. The maximum absolute atomic E-state index is 12.2. The number of hydrogen-bond acceptors (Lipinski definition) is 3. The highest BCUT2D eigenvalue weighted by molar-refractivity contribution is 5.94. The number of carbonyl (C=O) groups excluding carboxylic acids is 1. The van der Waals surface area contributed by atoms with Gasteiger partial charge in [0.25, 0.3) is 5.91 Å². The van der Waals surface area contributed by atoms with Gasteiger partial charge >= 0.3 is 0 Å². The van der Waals surface area contributed by atoms with Crippen molar-refractivity contribution in [3.8, 4) is 0 Å². The van der Waals surface area contributed by atoms with Gasteiger partial charge in [0, 0.05) is 25.4 Å². The van der Waals surface area contributed by atoms with Crippen LogP contribution in [-0.4, -0.2) is 22.2 Å². The van der Waals surface area contributed by atoms with Gasteiger partial charge in [-0.15, -0.1) is 0 Å². The van der Waals surface area contributed by atoms with Crippen LogP contribution in [0.1, 0.15) is 27.2 Å². The summed E-state index contributed by atoms with van der Waals surface area (Å²) < 4.78 is 1.76. The Bertz CT molecular complexity index is 633. The van der Waals surface area contributed by atoms with Crippen molar-refractivity contribution >= 4 is 5.91 Å². The molecule has 1 aliphatic rings. The molecular weight excluding hydrogens is 252 g/mol. The summed E-state index contributed by atoms with van der Waals surface area (Å²) in [4.78, 5) is 12.2. The Morgan fingerprint density at radius 1 is 1.40 bits per heavy atom. The number of aromatic nitrogens is 2. The lowest BCUT2D eigenvalue weighted by molar-refractivity contribution is 0.0950. The van der Waals surface area contributed by atoms with Crippen molar-refractivity contribution in [1.29, 1.82) is 0 Å². The van der Waals surface area contributed by atoms with Gasteiger partial charge in [-0.25, -0.2) is 0 Å². The first-order valence-electron chi connectivity index (χ1n) is 6.81. The van der Waals surface area contributed by atoms with E-state index >= 15 is 0 Å². The van der Waals surface area contributed by atoms with Gasteiger partial charge in [0.2, 0.25) is 0 Å². The largest absolute Gasteiger partial charge is 0.346 e. The molecule has 0 unspecified atom stereocenters. The Hall–Kier alpha value is -2.14. The second kappa shape index (κ2) is 5.46. The molecule has 5 heteroatoms. The van der Waals surface area contributed by atoms with Crippen LogP contribution >= 0.6 is 0 Å². The van der Waals surface area contributed by atoms with Gasteiger partial charge in [-0.1, -0.05) is 6.07 Å². The number of aryl methyl sites for hydroxylation is 1. The van der Waals surface area contributed by atoms with E-state index in [0.29, 0.717) is 6.54 Å². The molecule has 2 heterocycles. The second-order valence-corrected chi connectivity index (χ2v) is 5.04. The van der Waals surface area contributed by atoms with Crippen LogP contribution in [0.5, 0.6) is 0 Å². The predicted octanol–water partition coefficient (Wildman–Crippen LogP) is 0.996. The smallest absolute Gasteiger partial charge is 0.251 e. The fourth-order valence-corrected chi connectivity index (χ4v) is 2.47. The van der Waals surface area contributed by atoms with E-state index in [0.717, 1.165) is 30.8 Å². The Labute approximate surface area is 118 Å². The third-order valence-electron chi connectivity index (χ3n) is 3.71. The number of amides is 1. The molecular formula is C15H18N4O. The summed E-state index contributed by atoms with van der Waals surface area (Å²) in [6.45, 7) is 2.35. The summed E-state index contributed by atoms with van der Waals surface area (Å²) >= 11 is 0. The number of nitrogens with one attached hydrogen (secondary N) is 2. The first kappa shape index (κ1) is 12.9. The van der Waals surface area contributed by atoms with E-state index in [-0.39, 0.29) is 5.91 Å². The molecule has 0 spiro atoms. The minimum atomic E-state index is -0.0421. The van der Waals surface area contributed by atoms with Crippen molar-refractivity contribution in [2.75, 3.05) is 6.54 Å². The second-order valence-electron chi connectivity index (χ2n) is 5.04. The van der Waals surface area contributed by atoms with Crippen LogP contribution in [0.4, 0.5) is 0 Å². The number of hydrogen-bond donors (Lipinski definition) is 2. The minimum absolute atomic E-state index is 0.0421. The molecule has 0 atom stereocenters. The van der Waals surface area contributed by atoms with Crippen molar-refractivity contribution < 1.29 is 4.79 Å². The van der Waals surface area contributed by atoms with Gasteiger partial charge in [0.15, 0.2) is 0 Å². The van der Waals surface area contributed by atoms with E-state index < -0.39 is 0 Å². The number of fused-ring (bicyclic) bond motifs is 1. The summed E-state index contributed by atoms with van der Waals surface area (Å²) in [6, 6.07) is 7.86. The lowest BCUT2D eigenvalue weighted by Crippen LogP contribution is -2.26. The van der Waals surface area contributed by atoms with Crippen LogP contribution in [0.25, 0.3) is 0 Å². The maximum atomic E-state index is 12.2. The molecule has 104 valence electrons. The molecule has 2 N–H and O–H groups in total. The molecule has 0 fully saturated rings. The third kappa shape index (κ3) is 2.58. The molecule has 0 aliphatic carbocycles. The van der Waals surface area contributed by atoms with Crippen molar-refractivity contribution in [1.82, 2.24) is 20.4 Å². The van der Waals surface area contributed by atoms with Gasteiger partial charge in [-0.2, -0.15) is 5.10 Å². The average molecular weight is 270 g/mol. The molecule has 1 aromatic carbocycles. The molecule has 0 radical (unpaired) electrons. The van der Waals surface area contributed by atoms with Gasteiger partial charge in [0.1, 0.15) is 0 Å². The monoisotopic (exact) mass is 270 g/mol. The quantitative estimate of drug-likeness (QED) is 0.874. The highest BCUT2D eigenvalue weighted by Crippen LogP contribution is 2.15. The molecule has 0 saturated carbocycles. The number of nitrogens with zero attached hydrogens (tertiary/aromatic N) is 2. The molecule has 1 aromatic heterocycles. The van der Waals surface area contributed by atoms with Crippen molar-refractivity contribution in [2.24, 2.45) is 7.05 Å². The molecule has 3 rings (SSSR count). The van der Waals surface area contributed by atoms with Crippen LogP contribution < -0.4 is 10.6 Å². The number of benzene rings is 1. The molecule has 0 saturated heterocycles. The Balaban J connectivity index is 1.69. The van der Waals surface area contributed by atoms with E-state index in [1.54, 1.807) is 10.9 Å². The Morgan fingerprint density at radius 3 is 3.10 bits per heavy atom. The van der Waals surface area contributed by atoms with Crippen LogP contribution in [0, 0.1) is 0 Å². The summed E-state index contributed by atoms with van der Waals surface area (Å²) in [5, 5.41) is 10.3. The highest BCUT2D eigenvalue weighted by atomic mass is 16.1. The van der Waals surface area contributed by atoms with Gasteiger partial charge in [-0.05, 0) is 42.3 Å². The highest BCUT2D eigenvalue weighted by Gasteiger charge is 2.12. The number of carbonyl (C=O) groups is 1. The first-order valence-corrected chi connectivity index (χ1v) is 6.81. The summed E-state index contributed by atoms with van der Waals surface area (Å²) in [6.07, 6.45) is 2.76. The molecule has 1 amide bonds. The first-order chi connectivity index (χ1) is 9.74. The van der Waals surface area contributed by atoms with E-state index in [1.807, 2.05) is 25.2 Å². The van der Waals surface area contributed by atoms with Crippen molar-refractivity contribution in [3.05, 3.63) is 52.8 Å². The summed E-state index contributed by atoms with van der Waals surface area (Å²) in [5.41, 5.74) is 4.27. The predicted molar refractivity (Wildman–Crippen MR) is 76.2 cm³/mol. The zero-order valence-electron chi connectivity index (χ0n) is 11.5. The van der Waals surface area contributed by atoms with Crippen LogP contribution in [0.2, 0.25) is 0 Å². The Morgan fingerprint density at radius 2 is 2.30 bits per heavy atom. The third-order valence-corrected chi connectivity index (χ3v) is 3.71. The minimum Gasteiger partial charge on any atom is -0.346 e. The zero-order chi connectivity index (χ0) is 13.9. The lowest BCUT2D eigenvalue weighted by atomic mass is 9.98. The van der Waals surface area contributed by atoms with Crippen molar-refractivity contribution in [2.45, 2.75) is 19.5 Å². The van der Waals surface area contributed by atoms with E-state index in [9.17, 15) is 4.79 Å². The van der Waals surface area contributed by atoms with E-state index in [1.165, 1.54) is 11.1 Å². The lowest BCUT2D eigenvalue weighted by Gasteiger charge is -2.17. The topological polar surface area (TPSA) is 59.0 Å². The zero-order valence-corrected chi connectivity index (χ0v) is 11.5. The van der Waals surface area contributed by atoms with Gasteiger partial charge in [-0.3, -0.25) is 9.48 Å². The standard InChI is InChI=1S/C15H18N4O/c1-19-14(5-7-18-19)10-17-15(20)12-3-2-11-4-6-16-9-13(11)8-12/h2-3,5,7-8,16H,4,6,9-10H2,1H3,(H,17,20). The van der Waals surface area contributed by atoms with Crippen molar-refractivity contribution in [3.63, 3.8) is 0 Å². The molecule has 1 aliphatic heterocycles. The average Bonchev–Trinajstić information content (AvgIpc) is 2.89. The summed E-state index contributed by atoms with van der Waals surface area (Å²) in [7, 11) is 1.87. The van der Waals surface area contributed by atoms with Crippen LogP contribution in [0.15, 0.2) is 30.5 Å². The fraction of sp³-hybridized carbons (Fsp3) is 0.333. The molecule has 5 nitrogen and oxygen atoms in total. The fourth-order valence-electron chi connectivity index (χ4n) is 2.47. The molecule has 20 heavy (non-hydrogen) atoms. The summed E-state index contributed by atoms with van der Waals surface area (Å²) in [5.74, 6) is -0.0421. The van der Waals surface area contributed by atoms with Crippen LogP contribution in [0.3, 0.4) is 0 Å². The Kier molecular flexibility index (Phi) is 3.52. The number of rotatable bonds is 3. The van der Waals surface area contributed by atoms with E-state index in [2.05, 4.69) is 21.8 Å². The molecule has 2 aromatic rings. The molecule has 0 bridgehead atoms. The SMILES string of the molecule is Cn1nccc1CNC(=O)c1ccc2c(c1)CNCC2. The van der Waals surface area contributed by atoms with Gasteiger partial charge in [0.05, 0.1) is 12.2 Å².